The molecule has 0 amide bonds. The van der Waals surface area contributed by atoms with Crippen molar-refractivity contribution in [2.24, 2.45) is 0 Å². The minimum atomic E-state index is -0.967. The molecule has 1 aliphatic rings. The largest absolute Gasteiger partial charge is 0.478 e. The number of nitrogens with zero attached hydrogens (tertiary/aromatic N) is 4. The Hall–Kier alpha value is -2.54. The van der Waals surface area contributed by atoms with Crippen LogP contribution in [0.5, 0.6) is 0 Å². The van der Waals surface area contributed by atoms with E-state index in [0.717, 1.165) is 40.6 Å². The van der Waals surface area contributed by atoms with Gasteiger partial charge >= 0.3 is 5.97 Å². The lowest BCUT2D eigenvalue weighted by Gasteiger charge is -2.14. The van der Waals surface area contributed by atoms with Crippen molar-refractivity contribution in [3.8, 4) is 0 Å². The molecule has 0 atom stereocenters. The van der Waals surface area contributed by atoms with Gasteiger partial charge in [0.25, 0.3) is 0 Å². The molecule has 118 valence electrons. The van der Waals surface area contributed by atoms with Gasteiger partial charge < -0.3 is 10.0 Å². The molecule has 0 bridgehead atoms. The molecular formula is C16H16N4O2S. The van der Waals surface area contributed by atoms with Gasteiger partial charge in [0.1, 0.15) is 5.01 Å². The molecule has 23 heavy (non-hydrogen) atoms. The minimum Gasteiger partial charge on any atom is -0.478 e. The van der Waals surface area contributed by atoms with Crippen LogP contribution in [0.4, 0.5) is 5.95 Å². The fraction of sp³-hybridized carbons (Fsp3) is 0.250. The molecule has 0 spiro atoms. The second kappa shape index (κ2) is 7.15. The number of anilines is 1. The average molecular weight is 328 g/mol. The fourth-order valence-electron chi connectivity index (χ4n) is 2.27. The van der Waals surface area contributed by atoms with E-state index < -0.39 is 5.97 Å². The van der Waals surface area contributed by atoms with Crippen molar-refractivity contribution >= 4 is 41.5 Å². The van der Waals surface area contributed by atoms with Crippen LogP contribution in [0.3, 0.4) is 0 Å². The second-order valence-electron chi connectivity index (χ2n) is 5.12. The van der Waals surface area contributed by atoms with Crippen LogP contribution in [0.15, 0.2) is 24.7 Å². The summed E-state index contributed by atoms with van der Waals surface area (Å²) in [5.41, 5.74) is 0.908. The van der Waals surface area contributed by atoms with E-state index >= 15 is 0 Å². The predicted molar refractivity (Wildman–Crippen MR) is 91.2 cm³/mol. The summed E-state index contributed by atoms with van der Waals surface area (Å²) in [6, 6.07) is 0. The van der Waals surface area contributed by atoms with Gasteiger partial charge in [0.15, 0.2) is 0 Å². The molecule has 3 rings (SSSR count). The van der Waals surface area contributed by atoms with Gasteiger partial charge in [0, 0.05) is 48.2 Å². The SMILES string of the molecule is O=C(O)/C=C/c1cnc(/C=C/c2cnc(N3CCCC3)nc2)s1. The molecule has 0 radical (unpaired) electrons. The highest BCUT2D eigenvalue weighted by Gasteiger charge is 2.13. The summed E-state index contributed by atoms with van der Waals surface area (Å²) in [4.78, 5) is 26.5. The van der Waals surface area contributed by atoms with Gasteiger partial charge in [-0.25, -0.2) is 19.7 Å². The quantitative estimate of drug-likeness (QED) is 0.850. The van der Waals surface area contributed by atoms with Crippen molar-refractivity contribution in [2.45, 2.75) is 12.8 Å². The number of aromatic nitrogens is 3. The Morgan fingerprint density at radius 3 is 2.52 bits per heavy atom. The van der Waals surface area contributed by atoms with Gasteiger partial charge in [-0.15, -0.1) is 11.3 Å². The van der Waals surface area contributed by atoms with Crippen LogP contribution in [0, 0.1) is 0 Å². The third-order valence-corrected chi connectivity index (χ3v) is 4.32. The van der Waals surface area contributed by atoms with E-state index in [4.69, 9.17) is 5.11 Å². The minimum absolute atomic E-state index is 0.787. The summed E-state index contributed by atoms with van der Waals surface area (Å²) in [5.74, 6) is -0.180. The highest BCUT2D eigenvalue weighted by Crippen LogP contribution is 2.18. The van der Waals surface area contributed by atoms with Gasteiger partial charge in [0.2, 0.25) is 5.95 Å². The topological polar surface area (TPSA) is 79.2 Å². The maximum atomic E-state index is 10.5. The fourth-order valence-corrected chi connectivity index (χ4v) is 3.00. The number of carbonyl (C=O) groups is 1. The van der Waals surface area contributed by atoms with Crippen LogP contribution in [0.25, 0.3) is 18.2 Å². The normalized spacial score (nSPS) is 15.0. The van der Waals surface area contributed by atoms with Crippen molar-refractivity contribution in [3.63, 3.8) is 0 Å². The molecule has 1 N–H and O–H groups in total. The van der Waals surface area contributed by atoms with Gasteiger partial charge in [-0.05, 0) is 31.1 Å². The molecule has 0 unspecified atom stereocenters. The average Bonchev–Trinajstić information content (AvgIpc) is 3.23. The Balaban J connectivity index is 1.64. The Labute approximate surface area is 137 Å². The summed E-state index contributed by atoms with van der Waals surface area (Å²) >= 11 is 1.42. The lowest BCUT2D eigenvalue weighted by Crippen LogP contribution is -2.20. The number of thiazole rings is 1. The zero-order valence-corrected chi connectivity index (χ0v) is 13.2. The smallest absolute Gasteiger partial charge is 0.328 e. The molecule has 2 aromatic heterocycles. The third kappa shape index (κ3) is 4.23. The summed E-state index contributed by atoms with van der Waals surface area (Å²) in [5, 5.41) is 9.41. The standard InChI is InChI=1S/C16H16N4O2S/c21-15(22)6-4-13-11-17-14(23-13)5-3-12-9-18-16(19-10-12)20-7-1-2-8-20/h3-6,9-11H,1-2,7-8H2,(H,21,22)/b5-3+,6-4+. The van der Waals surface area contributed by atoms with Crippen LogP contribution in [0.2, 0.25) is 0 Å². The Morgan fingerprint density at radius 1 is 1.09 bits per heavy atom. The van der Waals surface area contributed by atoms with Gasteiger partial charge in [-0.3, -0.25) is 0 Å². The second-order valence-corrected chi connectivity index (χ2v) is 6.21. The number of aliphatic carboxylic acids is 1. The molecule has 1 aliphatic heterocycles. The lowest BCUT2D eigenvalue weighted by atomic mass is 10.3. The molecule has 1 saturated heterocycles. The van der Waals surface area contributed by atoms with E-state index in [9.17, 15) is 4.79 Å². The summed E-state index contributed by atoms with van der Waals surface area (Å²) in [7, 11) is 0. The van der Waals surface area contributed by atoms with Crippen molar-refractivity contribution in [2.75, 3.05) is 18.0 Å². The first-order chi connectivity index (χ1) is 11.2. The highest BCUT2D eigenvalue weighted by molar-refractivity contribution is 7.13. The van der Waals surface area contributed by atoms with Crippen LogP contribution >= 0.6 is 11.3 Å². The van der Waals surface area contributed by atoms with Gasteiger partial charge in [-0.2, -0.15) is 0 Å². The third-order valence-electron chi connectivity index (χ3n) is 3.40. The van der Waals surface area contributed by atoms with E-state index in [-0.39, 0.29) is 0 Å². The van der Waals surface area contributed by atoms with E-state index in [1.54, 1.807) is 18.6 Å². The Morgan fingerprint density at radius 2 is 1.83 bits per heavy atom. The maximum absolute atomic E-state index is 10.5. The molecule has 6 nitrogen and oxygen atoms in total. The van der Waals surface area contributed by atoms with Crippen molar-refractivity contribution in [1.82, 2.24) is 15.0 Å². The van der Waals surface area contributed by atoms with Crippen LogP contribution in [0.1, 0.15) is 28.3 Å². The van der Waals surface area contributed by atoms with E-state index in [2.05, 4.69) is 19.9 Å². The maximum Gasteiger partial charge on any atom is 0.328 e. The van der Waals surface area contributed by atoms with Crippen LogP contribution < -0.4 is 4.90 Å². The summed E-state index contributed by atoms with van der Waals surface area (Å²) < 4.78 is 0. The van der Waals surface area contributed by atoms with Crippen LogP contribution in [-0.2, 0) is 4.79 Å². The molecule has 0 saturated carbocycles. The lowest BCUT2D eigenvalue weighted by molar-refractivity contribution is -0.131. The zero-order valence-electron chi connectivity index (χ0n) is 12.4. The molecule has 3 heterocycles. The highest BCUT2D eigenvalue weighted by atomic mass is 32.1. The number of hydrogen-bond acceptors (Lipinski definition) is 6. The Kier molecular flexibility index (Phi) is 4.77. The molecular weight excluding hydrogens is 312 g/mol. The van der Waals surface area contributed by atoms with Crippen molar-refractivity contribution < 1.29 is 9.90 Å². The van der Waals surface area contributed by atoms with E-state index in [1.807, 2.05) is 12.2 Å². The predicted octanol–water partition coefficient (Wildman–Crippen LogP) is 2.80. The van der Waals surface area contributed by atoms with E-state index in [1.165, 1.54) is 30.3 Å². The van der Waals surface area contributed by atoms with E-state index in [0.29, 0.717) is 0 Å². The number of rotatable bonds is 5. The molecule has 0 aromatic carbocycles. The first-order valence-electron chi connectivity index (χ1n) is 7.32. The molecule has 1 fully saturated rings. The first-order valence-corrected chi connectivity index (χ1v) is 8.14. The zero-order chi connectivity index (χ0) is 16.1. The van der Waals surface area contributed by atoms with Crippen LogP contribution in [-0.4, -0.2) is 39.1 Å². The summed E-state index contributed by atoms with van der Waals surface area (Å²) in [6.07, 6.45) is 14.1. The number of carboxylic acid groups (broad SMARTS) is 1. The molecule has 2 aromatic rings. The summed E-state index contributed by atoms with van der Waals surface area (Å²) in [6.45, 7) is 2.06. The monoisotopic (exact) mass is 328 g/mol. The van der Waals surface area contributed by atoms with Crippen molar-refractivity contribution in [1.29, 1.82) is 0 Å². The van der Waals surface area contributed by atoms with Gasteiger partial charge in [-0.1, -0.05) is 0 Å². The molecule has 0 aliphatic carbocycles. The van der Waals surface area contributed by atoms with Crippen molar-refractivity contribution in [3.05, 3.63) is 40.1 Å². The molecule has 7 heteroatoms. The first kappa shape index (κ1) is 15.4. The number of carboxylic acids is 1. The Bertz CT molecular complexity index is 731. The van der Waals surface area contributed by atoms with Gasteiger partial charge in [0.05, 0.1) is 0 Å². The number of hydrogen-bond donors (Lipinski definition) is 1.